The third-order valence-electron chi connectivity index (χ3n) is 4.23. The molecule has 4 heteroatoms. The van der Waals surface area contributed by atoms with E-state index in [0.29, 0.717) is 0 Å². The van der Waals surface area contributed by atoms with Crippen LogP contribution in [0.2, 0.25) is 0 Å². The molecule has 114 valence electrons. The summed E-state index contributed by atoms with van der Waals surface area (Å²) in [6.45, 7) is 5.13. The van der Waals surface area contributed by atoms with Crippen molar-refractivity contribution in [1.29, 1.82) is 0 Å². The van der Waals surface area contributed by atoms with Crippen molar-refractivity contribution < 1.29 is 0 Å². The fourth-order valence-electron chi connectivity index (χ4n) is 3.24. The lowest BCUT2D eigenvalue weighted by molar-refractivity contribution is 0.798. The number of allylic oxidation sites excluding steroid dienone is 1. The summed E-state index contributed by atoms with van der Waals surface area (Å²) in [7, 11) is 0. The fourth-order valence-corrected chi connectivity index (χ4v) is 3.24. The molecule has 0 amide bonds. The van der Waals surface area contributed by atoms with Gasteiger partial charge in [0.15, 0.2) is 0 Å². The second-order valence-corrected chi connectivity index (χ2v) is 5.53. The van der Waals surface area contributed by atoms with Crippen LogP contribution in [-0.4, -0.2) is 19.6 Å². The van der Waals surface area contributed by atoms with Crippen molar-refractivity contribution in [3.05, 3.63) is 60.4 Å². The van der Waals surface area contributed by atoms with Crippen molar-refractivity contribution in [1.82, 2.24) is 19.6 Å². The van der Waals surface area contributed by atoms with Crippen LogP contribution < -0.4 is 0 Å². The van der Waals surface area contributed by atoms with E-state index < -0.39 is 0 Å². The Morgan fingerprint density at radius 2 is 1.87 bits per heavy atom. The molecule has 0 N–H and O–H groups in total. The maximum atomic E-state index is 4.23. The Balaban J connectivity index is 2.01. The van der Waals surface area contributed by atoms with E-state index in [1.165, 1.54) is 21.8 Å². The van der Waals surface area contributed by atoms with Crippen molar-refractivity contribution in [2.75, 3.05) is 0 Å². The van der Waals surface area contributed by atoms with Gasteiger partial charge in [-0.05, 0) is 44.2 Å². The zero-order valence-corrected chi connectivity index (χ0v) is 13.3. The second kappa shape index (κ2) is 5.39. The largest absolute Gasteiger partial charge is 0.341 e. The van der Waals surface area contributed by atoms with Gasteiger partial charge in [0.25, 0.3) is 0 Å². The van der Waals surface area contributed by atoms with E-state index in [0.717, 1.165) is 17.9 Å². The molecule has 0 saturated heterocycles. The first kappa shape index (κ1) is 13.8. The highest BCUT2D eigenvalue weighted by atomic mass is 15.4. The molecule has 23 heavy (non-hydrogen) atoms. The van der Waals surface area contributed by atoms with Gasteiger partial charge in [0, 0.05) is 28.4 Å². The van der Waals surface area contributed by atoms with E-state index in [9.17, 15) is 0 Å². The van der Waals surface area contributed by atoms with E-state index in [2.05, 4.69) is 64.3 Å². The van der Waals surface area contributed by atoms with Crippen molar-refractivity contribution in [2.24, 2.45) is 0 Å². The first-order chi connectivity index (χ1) is 11.3. The van der Waals surface area contributed by atoms with Gasteiger partial charge < -0.3 is 4.57 Å². The quantitative estimate of drug-likeness (QED) is 0.561. The summed E-state index contributed by atoms with van der Waals surface area (Å²) in [5, 5.41) is 10.8. The molecule has 4 aromatic rings. The Morgan fingerprint density at radius 3 is 2.70 bits per heavy atom. The molecule has 0 atom stereocenters. The molecule has 0 aliphatic carbocycles. The van der Waals surface area contributed by atoms with E-state index in [4.69, 9.17) is 0 Å². The molecule has 0 unspecified atom stereocenters. The Hall–Kier alpha value is -2.88. The summed E-state index contributed by atoms with van der Waals surface area (Å²) in [5.41, 5.74) is 4.53. The maximum absolute atomic E-state index is 4.23. The lowest BCUT2D eigenvalue weighted by atomic mass is 10.1. The zero-order chi connectivity index (χ0) is 15.8. The molecular formula is C19H18N4. The Bertz CT molecular complexity index is 1020. The Morgan fingerprint density at radius 1 is 1.04 bits per heavy atom. The number of para-hydroxylation sites is 1. The third kappa shape index (κ3) is 2.06. The smallest absolute Gasteiger partial charge is 0.0868 e. The standard InChI is InChI=1S/C19H18N4/c1-3-7-15-13-20-21-23(15)14-10-11-19-17(12-14)16-8-5-6-9-18(16)22(19)4-2/h3,5-13H,4H2,1-2H3/b7-3-. The molecular weight excluding hydrogens is 284 g/mol. The summed E-state index contributed by atoms with van der Waals surface area (Å²) < 4.78 is 4.22. The number of rotatable bonds is 3. The molecule has 4 rings (SSSR count). The molecule has 0 bridgehead atoms. The van der Waals surface area contributed by atoms with E-state index in [-0.39, 0.29) is 0 Å². The van der Waals surface area contributed by atoms with E-state index in [1.807, 2.05) is 23.8 Å². The zero-order valence-electron chi connectivity index (χ0n) is 13.3. The molecule has 2 heterocycles. The number of hydrogen-bond acceptors (Lipinski definition) is 2. The van der Waals surface area contributed by atoms with Crippen molar-refractivity contribution >= 4 is 27.9 Å². The SMILES string of the molecule is C/C=C\c1cnnn1-c1ccc2c(c1)c1ccccc1n2CC. The summed E-state index contributed by atoms with van der Waals surface area (Å²) >= 11 is 0. The van der Waals surface area contributed by atoms with Gasteiger partial charge in [0.1, 0.15) is 0 Å². The van der Waals surface area contributed by atoms with Crippen molar-refractivity contribution in [3.8, 4) is 5.69 Å². The monoisotopic (exact) mass is 302 g/mol. The van der Waals surface area contributed by atoms with Gasteiger partial charge in [0.2, 0.25) is 0 Å². The fraction of sp³-hybridized carbons (Fsp3) is 0.158. The minimum absolute atomic E-state index is 0.955. The number of aryl methyl sites for hydroxylation is 1. The highest BCUT2D eigenvalue weighted by Gasteiger charge is 2.11. The van der Waals surface area contributed by atoms with Gasteiger partial charge in [-0.3, -0.25) is 0 Å². The predicted molar refractivity (Wildman–Crippen MR) is 94.7 cm³/mol. The molecule has 0 radical (unpaired) electrons. The molecule has 0 aliphatic heterocycles. The van der Waals surface area contributed by atoms with Crippen molar-refractivity contribution in [3.63, 3.8) is 0 Å². The van der Waals surface area contributed by atoms with Gasteiger partial charge in [0.05, 0.1) is 17.6 Å². The lowest BCUT2D eigenvalue weighted by Gasteiger charge is -2.05. The number of nitrogens with zero attached hydrogens (tertiary/aromatic N) is 4. The maximum Gasteiger partial charge on any atom is 0.0868 e. The predicted octanol–water partition coefficient (Wildman–Crippen LogP) is 4.43. The molecule has 0 fully saturated rings. The summed E-state index contributed by atoms with van der Waals surface area (Å²) in [6.07, 6.45) is 5.79. The van der Waals surface area contributed by atoms with E-state index >= 15 is 0 Å². The topological polar surface area (TPSA) is 35.6 Å². The highest BCUT2D eigenvalue weighted by molar-refractivity contribution is 6.08. The van der Waals surface area contributed by atoms with Gasteiger partial charge in [-0.2, -0.15) is 0 Å². The van der Waals surface area contributed by atoms with Crippen LogP contribution in [0.25, 0.3) is 33.6 Å². The van der Waals surface area contributed by atoms with Gasteiger partial charge in [-0.15, -0.1) is 5.10 Å². The summed E-state index contributed by atoms with van der Waals surface area (Å²) in [5.74, 6) is 0. The van der Waals surface area contributed by atoms with Crippen LogP contribution in [0.15, 0.2) is 54.7 Å². The average molecular weight is 302 g/mol. The number of fused-ring (bicyclic) bond motifs is 3. The van der Waals surface area contributed by atoms with Gasteiger partial charge >= 0.3 is 0 Å². The molecule has 2 aromatic carbocycles. The lowest BCUT2D eigenvalue weighted by Crippen LogP contribution is -1.99. The van der Waals surface area contributed by atoms with Crippen LogP contribution in [0.5, 0.6) is 0 Å². The number of hydrogen-bond donors (Lipinski definition) is 0. The number of benzene rings is 2. The van der Waals surface area contributed by atoms with Crippen LogP contribution >= 0.6 is 0 Å². The second-order valence-electron chi connectivity index (χ2n) is 5.53. The molecule has 0 aliphatic rings. The molecule has 0 spiro atoms. The van der Waals surface area contributed by atoms with Crippen LogP contribution in [0.4, 0.5) is 0 Å². The summed E-state index contributed by atoms with van der Waals surface area (Å²) in [6, 6.07) is 15.0. The van der Waals surface area contributed by atoms with Crippen molar-refractivity contribution in [2.45, 2.75) is 20.4 Å². The Labute approximate surface area is 134 Å². The van der Waals surface area contributed by atoms with Crippen LogP contribution in [-0.2, 0) is 6.54 Å². The third-order valence-corrected chi connectivity index (χ3v) is 4.23. The summed E-state index contributed by atoms with van der Waals surface area (Å²) in [4.78, 5) is 0. The first-order valence-electron chi connectivity index (χ1n) is 7.88. The van der Waals surface area contributed by atoms with Gasteiger partial charge in [-0.25, -0.2) is 4.68 Å². The highest BCUT2D eigenvalue weighted by Crippen LogP contribution is 2.30. The molecule has 0 saturated carbocycles. The van der Waals surface area contributed by atoms with Gasteiger partial charge in [-0.1, -0.05) is 29.5 Å². The minimum atomic E-state index is 0.955. The normalized spacial score (nSPS) is 11.9. The van der Waals surface area contributed by atoms with E-state index in [1.54, 1.807) is 6.20 Å². The number of aromatic nitrogens is 4. The molecule has 2 aromatic heterocycles. The van der Waals surface area contributed by atoms with Crippen LogP contribution in [0, 0.1) is 0 Å². The van der Waals surface area contributed by atoms with Crippen LogP contribution in [0.1, 0.15) is 19.5 Å². The average Bonchev–Trinajstić information content (AvgIpc) is 3.17. The first-order valence-corrected chi connectivity index (χ1v) is 7.88. The van der Waals surface area contributed by atoms with Crippen LogP contribution in [0.3, 0.4) is 0 Å². The molecule has 4 nitrogen and oxygen atoms in total. The minimum Gasteiger partial charge on any atom is -0.341 e. The Kier molecular flexibility index (Phi) is 3.23.